The predicted octanol–water partition coefficient (Wildman–Crippen LogP) is 1.14. The first-order chi connectivity index (χ1) is 8.06. The van der Waals surface area contributed by atoms with Crippen molar-refractivity contribution in [3.05, 3.63) is 34.2 Å². The van der Waals surface area contributed by atoms with Crippen molar-refractivity contribution in [3.63, 3.8) is 0 Å². The highest BCUT2D eigenvalue weighted by molar-refractivity contribution is 5.94. The molecule has 0 spiro atoms. The van der Waals surface area contributed by atoms with E-state index in [0.717, 1.165) is 0 Å². The Morgan fingerprint density at radius 3 is 2.71 bits per heavy atom. The summed E-state index contributed by atoms with van der Waals surface area (Å²) in [7, 11) is 0. The molecule has 5 heteroatoms. The van der Waals surface area contributed by atoms with Crippen LogP contribution in [0, 0.1) is 11.3 Å². The summed E-state index contributed by atoms with van der Waals surface area (Å²) in [5.41, 5.74) is 0.186. The molecule has 0 aromatic carbocycles. The Labute approximate surface area is 99.7 Å². The number of rotatable bonds is 4. The topological polar surface area (TPSA) is 77.0 Å². The molecule has 1 aromatic heterocycles. The van der Waals surface area contributed by atoms with Crippen LogP contribution in [0.4, 0.5) is 0 Å². The van der Waals surface area contributed by atoms with Gasteiger partial charge in [0.2, 0.25) is 5.56 Å². The molecule has 0 saturated carbocycles. The molecule has 1 amide bonds. The first-order valence-corrected chi connectivity index (χ1v) is 5.43. The van der Waals surface area contributed by atoms with Crippen LogP contribution in [0.1, 0.15) is 30.6 Å². The van der Waals surface area contributed by atoms with Crippen molar-refractivity contribution in [2.75, 3.05) is 6.54 Å². The Morgan fingerprint density at radius 1 is 1.53 bits per heavy atom. The minimum Gasteiger partial charge on any atom is -0.335 e. The molecule has 0 radical (unpaired) electrons. The number of carbonyl (C=O) groups excluding carboxylic acids is 1. The van der Waals surface area contributed by atoms with Gasteiger partial charge in [0.05, 0.1) is 18.1 Å². The molecule has 5 nitrogen and oxygen atoms in total. The molecule has 0 aliphatic carbocycles. The van der Waals surface area contributed by atoms with Crippen molar-refractivity contribution >= 4 is 5.91 Å². The van der Waals surface area contributed by atoms with Gasteiger partial charge in [0.15, 0.2) is 0 Å². The Bertz CT molecular complexity index is 465. The van der Waals surface area contributed by atoms with E-state index >= 15 is 0 Å². The highest BCUT2D eigenvalue weighted by Crippen LogP contribution is 2.07. The molecule has 0 bridgehead atoms. The third-order valence-electron chi connectivity index (χ3n) is 2.38. The van der Waals surface area contributed by atoms with E-state index in [9.17, 15) is 9.59 Å². The summed E-state index contributed by atoms with van der Waals surface area (Å²) in [4.78, 5) is 27.1. The summed E-state index contributed by atoms with van der Waals surface area (Å²) >= 11 is 0. The monoisotopic (exact) mass is 233 g/mol. The van der Waals surface area contributed by atoms with Crippen LogP contribution in [-0.2, 0) is 0 Å². The van der Waals surface area contributed by atoms with Gasteiger partial charge in [-0.15, -0.1) is 0 Å². The molecule has 0 atom stereocenters. The number of H-pyrrole nitrogens is 1. The Hall–Kier alpha value is -2.09. The average Bonchev–Trinajstić information content (AvgIpc) is 2.29. The SMILES string of the molecule is CC(C)N(CCC#N)C(=O)c1ccc(=O)[nH]c1. The van der Waals surface area contributed by atoms with Crippen LogP contribution < -0.4 is 5.56 Å². The summed E-state index contributed by atoms with van der Waals surface area (Å²) in [6.07, 6.45) is 1.69. The largest absolute Gasteiger partial charge is 0.335 e. The number of nitrogens with one attached hydrogen (secondary N) is 1. The van der Waals surface area contributed by atoms with Crippen LogP contribution >= 0.6 is 0 Å². The second kappa shape index (κ2) is 5.85. The van der Waals surface area contributed by atoms with E-state index in [-0.39, 0.29) is 17.5 Å². The summed E-state index contributed by atoms with van der Waals surface area (Å²) in [5.74, 6) is -0.175. The molecular weight excluding hydrogens is 218 g/mol. The highest BCUT2D eigenvalue weighted by atomic mass is 16.2. The predicted molar refractivity (Wildman–Crippen MR) is 63.5 cm³/mol. The van der Waals surface area contributed by atoms with Gasteiger partial charge in [-0.3, -0.25) is 9.59 Å². The number of carbonyl (C=O) groups is 1. The van der Waals surface area contributed by atoms with Crippen molar-refractivity contribution in [1.82, 2.24) is 9.88 Å². The quantitative estimate of drug-likeness (QED) is 0.847. The lowest BCUT2D eigenvalue weighted by atomic mass is 10.2. The van der Waals surface area contributed by atoms with Gasteiger partial charge in [-0.1, -0.05) is 0 Å². The van der Waals surface area contributed by atoms with Crippen molar-refractivity contribution in [2.45, 2.75) is 26.3 Å². The van der Waals surface area contributed by atoms with Crippen molar-refractivity contribution < 1.29 is 4.79 Å². The molecule has 0 saturated heterocycles. The second-order valence-electron chi connectivity index (χ2n) is 3.94. The fourth-order valence-electron chi connectivity index (χ4n) is 1.47. The third-order valence-corrected chi connectivity index (χ3v) is 2.38. The summed E-state index contributed by atoms with van der Waals surface area (Å²) in [6.45, 7) is 4.17. The van der Waals surface area contributed by atoms with E-state index in [2.05, 4.69) is 4.98 Å². The Morgan fingerprint density at radius 2 is 2.24 bits per heavy atom. The lowest BCUT2D eigenvalue weighted by molar-refractivity contribution is 0.0710. The van der Waals surface area contributed by atoms with E-state index in [1.807, 2.05) is 19.9 Å². The van der Waals surface area contributed by atoms with Crippen LogP contribution in [-0.4, -0.2) is 28.4 Å². The summed E-state index contributed by atoms with van der Waals surface area (Å²) in [5, 5.41) is 8.55. The van der Waals surface area contributed by atoms with E-state index < -0.39 is 0 Å². The zero-order valence-electron chi connectivity index (χ0n) is 9.93. The van der Waals surface area contributed by atoms with Gasteiger partial charge in [0, 0.05) is 24.8 Å². The molecule has 17 heavy (non-hydrogen) atoms. The zero-order chi connectivity index (χ0) is 12.8. The van der Waals surface area contributed by atoms with Crippen LogP contribution in [0.2, 0.25) is 0 Å². The van der Waals surface area contributed by atoms with Gasteiger partial charge in [-0.2, -0.15) is 5.26 Å². The van der Waals surface area contributed by atoms with Crippen LogP contribution in [0.15, 0.2) is 23.1 Å². The van der Waals surface area contributed by atoms with Crippen LogP contribution in [0.5, 0.6) is 0 Å². The molecule has 1 rings (SSSR count). The normalized spacial score (nSPS) is 10.0. The first-order valence-electron chi connectivity index (χ1n) is 5.43. The molecule has 0 aliphatic heterocycles. The van der Waals surface area contributed by atoms with Gasteiger partial charge in [-0.05, 0) is 19.9 Å². The van der Waals surface area contributed by atoms with Crippen LogP contribution in [0.3, 0.4) is 0 Å². The molecule has 1 N–H and O–H groups in total. The lowest BCUT2D eigenvalue weighted by Gasteiger charge is -2.25. The van der Waals surface area contributed by atoms with E-state index in [1.54, 1.807) is 4.90 Å². The molecular formula is C12H15N3O2. The molecule has 0 aliphatic rings. The maximum Gasteiger partial charge on any atom is 0.255 e. The summed E-state index contributed by atoms with van der Waals surface area (Å²) in [6, 6.07) is 4.84. The fourth-order valence-corrected chi connectivity index (χ4v) is 1.47. The third kappa shape index (κ3) is 3.45. The maximum atomic E-state index is 12.1. The van der Waals surface area contributed by atoms with Gasteiger partial charge in [0.25, 0.3) is 5.91 Å². The number of amides is 1. The minimum atomic E-state index is -0.241. The number of aromatic amines is 1. The van der Waals surface area contributed by atoms with E-state index in [4.69, 9.17) is 5.26 Å². The molecule has 0 unspecified atom stereocenters. The van der Waals surface area contributed by atoms with Gasteiger partial charge in [-0.25, -0.2) is 0 Å². The lowest BCUT2D eigenvalue weighted by Crippen LogP contribution is -2.37. The number of hydrogen-bond donors (Lipinski definition) is 1. The van der Waals surface area contributed by atoms with Crippen molar-refractivity contribution in [1.29, 1.82) is 5.26 Å². The van der Waals surface area contributed by atoms with Crippen molar-refractivity contribution in [3.8, 4) is 6.07 Å². The number of nitrogens with zero attached hydrogens (tertiary/aromatic N) is 2. The maximum absolute atomic E-state index is 12.1. The molecule has 1 aromatic rings. The number of pyridine rings is 1. The number of hydrogen-bond acceptors (Lipinski definition) is 3. The highest BCUT2D eigenvalue weighted by Gasteiger charge is 2.18. The Balaban J connectivity index is 2.88. The molecule has 90 valence electrons. The zero-order valence-corrected chi connectivity index (χ0v) is 9.93. The summed E-state index contributed by atoms with van der Waals surface area (Å²) < 4.78 is 0. The smallest absolute Gasteiger partial charge is 0.255 e. The van der Waals surface area contributed by atoms with Crippen molar-refractivity contribution in [2.24, 2.45) is 0 Å². The molecule has 0 fully saturated rings. The Kier molecular flexibility index (Phi) is 4.46. The minimum absolute atomic E-state index is 0.0165. The van der Waals surface area contributed by atoms with Gasteiger partial charge >= 0.3 is 0 Å². The standard InChI is InChI=1S/C12H15N3O2/c1-9(2)15(7-3-6-13)12(17)10-4-5-11(16)14-8-10/h4-5,8-9H,3,7H2,1-2H3,(H,14,16). The number of aromatic nitrogens is 1. The fraction of sp³-hybridized carbons (Fsp3) is 0.417. The van der Waals surface area contributed by atoms with E-state index in [0.29, 0.717) is 18.5 Å². The number of nitriles is 1. The first kappa shape index (κ1) is 13.0. The van der Waals surface area contributed by atoms with E-state index in [1.165, 1.54) is 18.3 Å². The average molecular weight is 233 g/mol. The van der Waals surface area contributed by atoms with Crippen LogP contribution in [0.25, 0.3) is 0 Å². The van der Waals surface area contributed by atoms with Gasteiger partial charge < -0.3 is 9.88 Å². The van der Waals surface area contributed by atoms with Gasteiger partial charge in [0.1, 0.15) is 0 Å². The second-order valence-corrected chi connectivity index (χ2v) is 3.94. The molecule has 1 heterocycles.